The van der Waals surface area contributed by atoms with Crippen LogP contribution in [-0.4, -0.2) is 0 Å². The SMILES string of the molecule is C=C[C](C)c1cccc(CC)c1C1CC1. The molecule has 0 heterocycles. The predicted octanol–water partition coefficient (Wildman–Crippen LogP) is 4.25. The Morgan fingerprint density at radius 1 is 1.47 bits per heavy atom. The molecule has 2 rings (SSSR count). The summed E-state index contributed by atoms with van der Waals surface area (Å²) in [6.07, 6.45) is 5.85. The highest BCUT2D eigenvalue weighted by atomic mass is 14.3. The molecule has 0 amide bonds. The summed E-state index contributed by atoms with van der Waals surface area (Å²) in [7, 11) is 0. The van der Waals surface area contributed by atoms with Crippen molar-refractivity contribution in [2.24, 2.45) is 0 Å². The highest BCUT2D eigenvalue weighted by molar-refractivity contribution is 5.49. The van der Waals surface area contributed by atoms with Crippen molar-refractivity contribution in [2.75, 3.05) is 0 Å². The third-order valence-corrected chi connectivity index (χ3v) is 3.29. The first-order chi connectivity index (χ1) is 7.27. The number of benzene rings is 1. The lowest BCUT2D eigenvalue weighted by molar-refractivity contribution is 0.998. The summed E-state index contributed by atoms with van der Waals surface area (Å²) < 4.78 is 0. The molecule has 0 aromatic heterocycles. The molecular formula is C15H19. The summed E-state index contributed by atoms with van der Waals surface area (Å²) in [5, 5.41) is 0. The minimum atomic E-state index is 0.825. The van der Waals surface area contributed by atoms with Crippen LogP contribution in [0.5, 0.6) is 0 Å². The van der Waals surface area contributed by atoms with E-state index in [0.717, 1.165) is 12.3 Å². The number of hydrogen-bond donors (Lipinski definition) is 0. The molecule has 1 aliphatic rings. The van der Waals surface area contributed by atoms with E-state index in [1.54, 1.807) is 5.56 Å². The van der Waals surface area contributed by atoms with Crippen LogP contribution >= 0.6 is 0 Å². The molecule has 0 aliphatic heterocycles. The van der Waals surface area contributed by atoms with Gasteiger partial charge in [0.05, 0.1) is 0 Å². The number of hydrogen-bond acceptors (Lipinski definition) is 0. The minimum Gasteiger partial charge on any atom is -0.102 e. The highest BCUT2D eigenvalue weighted by Gasteiger charge is 2.28. The Hall–Kier alpha value is -1.04. The molecule has 0 unspecified atom stereocenters. The van der Waals surface area contributed by atoms with Crippen LogP contribution < -0.4 is 0 Å². The normalized spacial score (nSPS) is 15.7. The molecule has 0 heteroatoms. The van der Waals surface area contributed by atoms with Gasteiger partial charge in [0, 0.05) is 5.92 Å². The Morgan fingerprint density at radius 3 is 2.73 bits per heavy atom. The standard InChI is InChI=1S/C15H19/c1-4-11(3)14-8-6-7-12(5-2)15(14)13-9-10-13/h4,6-8,13H,1,5,9-10H2,2-3H3. The van der Waals surface area contributed by atoms with E-state index in [4.69, 9.17) is 0 Å². The number of allylic oxidation sites excluding steroid dienone is 1. The van der Waals surface area contributed by atoms with Gasteiger partial charge in [-0.25, -0.2) is 0 Å². The molecular weight excluding hydrogens is 180 g/mol. The molecule has 1 aromatic rings. The number of aryl methyl sites for hydroxylation is 1. The lowest BCUT2D eigenvalue weighted by Crippen LogP contribution is -2.00. The molecule has 15 heavy (non-hydrogen) atoms. The maximum absolute atomic E-state index is 3.88. The van der Waals surface area contributed by atoms with Crippen LogP contribution in [0.2, 0.25) is 0 Å². The van der Waals surface area contributed by atoms with E-state index in [-0.39, 0.29) is 0 Å². The zero-order chi connectivity index (χ0) is 10.8. The molecule has 0 nitrogen and oxygen atoms in total. The Kier molecular flexibility index (Phi) is 2.95. The van der Waals surface area contributed by atoms with E-state index in [1.165, 1.54) is 29.9 Å². The lowest BCUT2D eigenvalue weighted by atomic mass is 9.89. The monoisotopic (exact) mass is 199 g/mol. The molecule has 1 aromatic carbocycles. The van der Waals surface area contributed by atoms with Crippen LogP contribution in [0.4, 0.5) is 0 Å². The third kappa shape index (κ3) is 1.99. The maximum atomic E-state index is 3.88. The smallest absolute Gasteiger partial charge is 0.0233 e. The van der Waals surface area contributed by atoms with Crippen LogP contribution in [0.25, 0.3) is 0 Å². The zero-order valence-corrected chi connectivity index (χ0v) is 9.72. The van der Waals surface area contributed by atoms with Crippen molar-refractivity contribution >= 4 is 0 Å². The summed E-state index contributed by atoms with van der Waals surface area (Å²) in [5.74, 6) is 2.14. The van der Waals surface area contributed by atoms with Gasteiger partial charge < -0.3 is 0 Å². The van der Waals surface area contributed by atoms with Gasteiger partial charge >= 0.3 is 0 Å². The third-order valence-electron chi connectivity index (χ3n) is 3.29. The molecule has 0 N–H and O–H groups in total. The average molecular weight is 199 g/mol. The van der Waals surface area contributed by atoms with Crippen LogP contribution in [-0.2, 0) is 6.42 Å². The summed E-state index contributed by atoms with van der Waals surface area (Å²) in [6.45, 7) is 8.28. The van der Waals surface area contributed by atoms with Crippen LogP contribution in [0.15, 0.2) is 30.9 Å². The second-order valence-electron chi connectivity index (χ2n) is 4.39. The molecule has 0 atom stereocenters. The maximum Gasteiger partial charge on any atom is 0.0233 e. The van der Waals surface area contributed by atoms with Gasteiger partial charge in [0.2, 0.25) is 0 Å². The van der Waals surface area contributed by atoms with E-state index in [1.807, 2.05) is 6.08 Å². The van der Waals surface area contributed by atoms with Crippen molar-refractivity contribution in [2.45, 2.75) is 39.0 Å². The van der Waals surface area contributed by atoms with Crippen molar-refractivity contribution in [3.05, 3.63) is 53.5 Å². The molecule has 79 valence electrons. The van der Waals surface area contributed by atoms with Crippen molar-refractivity contribution in [1.82, 2.24) is 0 Å². The second-order valence-corrected chi connectivity index (χ2v) is 4.39. The van der Waals surface area contributed by atoms with Crippen LogP contribution in [0.1, 0.15) is 49.3 Å². The van der Waals surface area contributed by atoms with Gasteiger partial charge in [-0.2, -0.15) is 0 Å². The summed E-state index contributed by atoms with van der Waals surface area (Å²) in [6, 6.07) is 6.68. The fourth-order valence-electron chi connectivity index (χ4n) is 2.23. The largest absolute Gasteiger partial charge is 0.102 e. The zero-order valence-electron chi connectivity index (χ0n) is 9.72. The van der Waals surface area contributed by atoms with Gasteiger partial charge in [-0.15, -0.1) is 6.58 Å². The van der Waals surface area contributed by atoms with Gasteiger partial charge in [0.15, 0.2) is 0 Å². The first-order valence-electron chi connectivity index (χ1n) is 5.86. The van der Waals surface area contributed by atoms with Gasteiger partial charge in [0.1, 0.15) is 0 Å². The number of rotatable bonds is 4. The van der Waals surface area contributed by atoms with E-state index in [2.05, 4.69) is 38.6 Å². The van der Waals surface area contributed by atoms with Gasteiger partial charge in [-0.05, 0) is 41.9 Å². The van der Waals surface area contributed by atoms with Crippen molar-refractivity contribution in [3.63, 3.8) is 0 Å². The van der Waals surface area contributed by atoms with Crippen LogP contribution in [0, 0.1) is 5.92 Å². The molecule has 0 bridgehead atoms. The fraction of sp³-hybridized carbons (Fsp3) is 0.400. The Labute approximate surface area is 93.0 Å². The minimum absolute atomic E-state index is 0.825. The Balaban J connectivity index is 2.47. The second kappa shape index (κ2) is 4.22. The predicted molar refractivity (Wildman–Crippen MR) is 66.0 cm³/mol. The lowest BCUT2D eigenvalue weighted by Gasteiger charge is -2.16. The van der Waals surface area contributed by atoms with Gasteiger partial charge in [-0.1, -0.05) is 38.1 Å². The van der Waals surface area contributed by atoms with Crippen LogP contribution in [0.3, 0.4) is 0 Å². The van der Waals surface area contributed by atoms with Crippen molar-refractivity contribution in [1.29, 1.82) is 0 Å². The topological polar surface area (TPSA) is 0 Å². The Morgan fingerprint density at radius 2 is 2.20 bits per heavy atom. The summed E-state index contributed by atoms with van der Waals surface area (Å²) in [4.78, 5) is 0. The fourth-order valence-corrected chi connectivity index (χ4v) is 2.23. The molecule has 0 spiro atoms. The average Bonchev–Trinajstić information content (AvgIpc) is 3.10. The van der Waals surface area contributed by atoms with E-state index in [0.29, 0.717) is 0 Å². The van der Waals surface area contributed by atoms with Gasteiger partial charge in [-0.3, -0.25) is 0 Å². The van der Waals surface area contributed by atoms with Crippen molar-refractivity contribution < 1.29 is 0 Å². The highest BCUT2D eigenvalue weighted by Crippen LogP contribution is 2.45. The summed E-state index contributed by atoms with van der Waals surface area (Å²) in [5.41, 5.74) is 4.54. The Bertz CT molecular complexity index is 358. The quantitative estimate of drug-likeness (QED) is 0.680. The van der Waals surface area contributed by atoms with E-state index < -0.39 is 0 Å². The van der Waals surface area contributed by atoms with E-state index >= 15 is 0 Å². The summed E-state index contributed by atoms with van der Waals surface area (Å²) >= 11 is 0. The molecule has 1 aliphatic carbocycles. The molecule has 1 saturated carbocycles. The van der Waals surface area contributed by atoms with E-state index in [9.17, 15) is 0 Å². The first-order valence-corrected chi connectivity index (χ1v) is 5.86. The first kappa shape index (κ1) is 10.5. The van der Waals surface area contributed by atoms with Crippen molar-refractivity contribution in [3.8, 4) is 0 Å². The molecule has 0 saturated heterocycles. The molecule has 1 fully saturated rings. The van der Waals surface area contributed by atoms with Gasteiger partial charge in [0.25, 0.3) is 0 Å². The molecule has 1 radical (unpaired) electrons.